The van der Waals surface area contributed by atoms with Gasteiger partial charge in [0, 0.05) is 33.0 Å². The van der Waals surface area contributed by atoms with Crippen LogP contribution < -0.4 is 4.90 Å². The molecule has 0 radical (unpaired) electrons. The Morgan fingerprint density at radius 2 is 0.747 bits per heavy atom. The second-order valence-corrected chi connectivity index (χ2v) is 22.5. The molecule has 0 unspecified atom stereocenters. The van der Waals surface area contributed by atoms with Gasteiger partial charge < -0.3 is 13.7 Å². The Morgan fingerprint density at radius 1 is 0.265 bits per heavy atom. The van der Waals surface area contributed by atoms with E-state index in [9.17, 15) is 0 Å². The molecular formula is C80H49NO2. The summed E-state index contributed by atoms with van der Waals surface area (Å²) < 4.78 is 14.6. The second-order valence-electron chi connectivity index (χ2n) is 22.5. The minimum atomic E-state index is -0.595. The van der Waals surface area contributed by atoms with E-state index in [0.29, 0.717) is 0 Å². The van der Waals surface area contributed by atoms with E-state index in [1.54, 1.807) is 0 Å². The minimum Gasteiger partial charge on any atom is -0.456 e. The van der Waals surface area contributed by atoms with Gasteiger partial charge in [-0.3, -0.25) is 0 Å². The summed E-state index contributed by atoms with van der Waals surface area (Å²) >= 11 is 0. The minimum absolute atomic E-state index is 0.536. The van der Waals surface area contributed by atoms with Gasteiger partial charge >= 0.3 is 0 Å². The highest BCUT2D eigenvalue weighted by Crippen LogP contribution is 2.64. The smallest absolute Gasteiger partial charge is 0.144 e. The number of benzene rings is 13. The summed E-state index contributed by atoms with van der Waals surface area (Å²) in [6.45, 7) is 0. The van der Waals surface area contributed by atoms with E-state index in [1.807, 2.05) is 0 Å². The fraction of sp³-hybridized carbons (Fsp3) is 0.0250. The van der Waals surface area contributed by atoms with Crippen molar-refractivity contribution in [1.29, 1.82) is 0 Å². The van der Waals surface area contributed by atoms with Gasteiger partial charge in [0.15, 0.2) is 0 Å². The van der Waals surface area contributed by atoms with E-state index >= 15 is 0 Å². The van der Waals surface area contributed by atoms with Crippen LogP contribution in [0.3, 0.4) is 0 Å². The molecule has 0 fully saturated rings. The van der Waals surface area contributed by atoms with Crippen molar-refractivity contribution in [2.45, 2.75) is 10.8 Å². The van der Waals surface area contributed by atoms with Gasteiger partial charge in [-0.05, 0) is 138 Å². The lowest BCUT2D eigenvalue weighted by Crippen LogP contribution is -2.28. The molecule has 0 atom stereocenters. The first-order chi connectivity index (χ1) is 41.2. The molecule has 2 aromatic heterocycles. The van der Waals surface area contributed by atoms with Crippen LogP contribution in [0.1, 0.15) is 44.5 Å². The molecule has 0 saturated carbocycles. The fourth-order valence-electron chi connectivity index (χ4n) is 15.4. The lowest BCUT2D eigenvalue weighted by Gasteiger charge is -2.34. The van der Waals surface area contributed by atoms with Crippen LogP contribution in [-0.4, -0.2) is 0 Å². The highest BCUT2D eigenvalue weighted by atomic mass is 16.3. The summed E-state index contributed by atoms with van der Waals surface area (Å²) in [4.78, 5) is 2.49. The average molecular weight is 1060 g/mol. The molecule has 83 heavy (non-hydrogen) atoms. The third-order valence-corrected chi connectivity index (χ3v) is 18.6. The number of hydrogen-bond donors (Lipinski definition) is 0. The van der Waals surface area contributed by atoms with E-state index in [-0.39, 0.29) is 0 Å². The van der Waals surface area contributed by atoms with E-state index in [0.717, 1.165) is 83.2 Å². The third-order valence-electron chi connectivity index (χ3n) is 18.6. The van der Waals surface area contributed by atoms with Crippen molar-refractivity contribution in [1.82, 2.24) is 0 Å². The van der Waals surface area contributed by atoms with Crippen LogP contribution in [-0.2, 0) is 10.8 Å². The number of nitrogens with zero attached hydrogens (tertiary/aromatic N) is 1. The summed E-state index contributed by atoms with van der Waals surface area (Å²) in [5.41, 5.74) is 27.2. The van der Waals surface area contributed by atoms with Crippen LogP contribution in [0.25, 0.3) is 99.5 Å². The number of para-hydroxylation sites is 2. The zero-order valence-electron chi connectivity index (χ0n) is 45.1. The molecule has 386 valence electrons. The van der Waals surface area contributed by atoms with Gasteiger partial charge in [0.1, 0.15) is 22.3 Å². The largest absolute Gasteiger partial charge is 0.456 e. The lowest BCUT2D eigenvalue weighted by molar-refractivity contribution is 0.664. The Hall–Kier alpha value is -10.7. The zero-order chi connectivity index (χ0) is 54.4. The predicted octanol–water partition coefficient (Wildman–Crippen LogP) is 21.0. The Kier molecular flexibility index (Phi) is 9.64. The van der Waals surface area contributed by atoms with E-state index in [2.05, 4.69) is 302 Å². The van der Waals surface area contributed by atoms with Crippen molar-refractivity contribution < 1.29 is 8.83 Å². The van der Waals surface area contributed by atoms with Crippen molar-refractivity contribution in [3.05, 3.63) is 342 Å². The quantitative estimate of drug-likeness (QED) is 0.159. The molecule has 0 N–H and O–H groups in total. The molecule has 0 amide bonds. The Bertz CT molecular complexity index is 5060. The molecular weight excluding hydrogens is 1010 g/mol. The maximum absolute atomic E-state index is 7.55. The van der Waals surface area contributed by atoms with E-state index < -0.39 is 10.8 Å². The SMILES string of the molecule is c1ccc(-c2ccccc2N(c2ccc3c(c2)C2(c4ccccc4-c4ccccc42)c2ccccc2-3)c2cccc3oc4c(-c5ccc6c(c5)C(c5ccccc5)(c5ccccc5)c5ccccc5-6)c5c(cc4c23)oc2ccccc25)cc1. The van der Waals surface area contributed by atoms with Crippen LogP contribution in [0.5, 0.6) is 0 Å². The Morgan fingerprint density at radius 3 is 1.39 bits per heavy atom. The highest BCUT2D eigenvalue weighted by Gasteiger charge is 2.52. The van der Waals surface area contributed by atoms with Gasteiger partial charge in [-0.2, -0.15) is 0 Å². The fourth-order valence-corrected chi connectivity index (χ4v) is 15.4. The van der Waals surface area contributed by atoms with Crippen molar-refractivity contribution in [3.8, 4) is 55.6 Å². The third kappa shape index (κ3) is 6.18. The summed E-state index contributed by atoms with van der Waals surface area (Å²) in [6.07, 6.45) is 0. The van der Waals surface area contributed by atoms with Crippen molar-refractivity contribution in [3.63, 3.8) is 0 Å². The molecule has 15 aromatic rings. The van der Waals surface area contributed by atoms with Gasteiger partial charge in [0.25, 0.3) is 0 Å². The van der Waals surface area contributed by atoms with Crippen molar-refractivity contribution in [2.24, 2.45) is 0 Å². The van der Waals surface area contributed by atoms with Gasteiger partial charge in [-0.15, -0.1) is 0 Å². The average Bonchev–Trinajstić information content (AvgIpc) is 1.80. The molecule has 3 aliphatic carbocycles. The Balaban J connectivity index is 0.931. The molecule has 3 nitrogen and oxygen atoms in total. The van der Waals surface area contributed by atoms with Crippen molar-refractivity contribution >= 4 is 60.9 Å². The highest BCUT2D eigenvalue weighted by molar-refractivity contribution is 6.26. The summed E-state index contributed by atoms with van der Waals surface area (Å²) in [5, 5.41) is 4.05. The second kappa shape index (κ2) is 17.4. The first-order valence-electron chi connectivity index (χ1n) is 28.7. The van der Waals surface area contributed by atoms with E-state index in [1.165, 1.54) is 77.9 Å². The van der Waals surface area contributed by atoms with Crippen molar-refractivity contribution in [2.75, 3.05) is 4.90 Å². The van der Waals surface area contributed by atoms with Gasteiger partial charge in [0.2, 0.25) is 0 Å². The van der Waals surface area contributed by atoms with Crippen LogP contribution in [0.15, 0.2) is 306 Å². The van der Waals surface area contributed by atoms with E-state index in [4.69, 9.17) is 8.83 Å². The maximum atomic E-state index is 7.55. The molecule has 2 heterocycles. The molecule has 3 aliphatic rings. The topological polar surface area (TPSA) is 29.5 Å². The molecule has 0 bridgehead atoms. The first kappa shape index (κ1) is 46.1. The summed E-state index contributed by atoms with van der Waals surface area (Å²) in [5.74, 6) is 0. The predicted molar refractivity (Wildman–Crippen MR) is 340 cm³/mol. The van der Waals surface area contributed by atoms with Crippen LogP contribution in [0.2, 0.25) is 0 Å². The number of furan rings is 2. The normalized spacial score (nSPS) is 13.7. The van der Waals surface area contributed by atoms with Gasteiger partial charge in [-0.25, -0.2) is 0 Å². The standard InChI is InChI=1S/C80H49NO2/c1-4-23-50(24-5-1)55-29-14-20-39-70(55)81(54-44-46-61-59-33-13-19-38-67(59)80(69(61)48-54)65-36-17-11-30-56(65)57-31-12-18-37-66(57)80)71-40-22-42-73-76(71)63-49-74-77(62-34-15-21-41-72(62)82-74)75(78(63)83-73)51-43-45-60-58-32-10-16-35-64(58)79(68(60)47-51,52-25-6-2-7-26-52)53-27-8-3-9-28-53/h1-49H. The van der Waals surface area contributed by atoms with Crippen LogP contribution in [0, 0.1) is 0 Å². The summed E-state index contributed by atoms with van der Waals surface area (Å²) in [6, 6.07) is 109. The van der Waals surface area contributed by atoms with Gasteiger partial charge in [-0.1, -0.05) is 249 Å². The number of hydrogen-bond acceptors (Lipinski definition) is 3. The van der Waals surface area contributed by atoms with Gasteiger partial charge in [0.05, 0.1) is 27.6 Å². The number of rotatable bonds is 7. The zero-order valence-corrected chi connectivity index (χ0v) is 45.1. The van der Waals surface area contributed by atoms with Crippen LogP contribution >= 0.6 is 0 Å². The number of fused-ring (bicyclic) bond motifs is 19. The van der Waals surface area contributed by atoms with Crippen LogP contribution in [0.4, 0.5) is 17.1 Å². The number of anilines is 3. The molecule has 18 rings (SSSR count). The Labute approximate surface area is 480 Å². The molecule has 0 saturated heterocycles. The molecule has 1 spiro atoms. The summed E-state index contributed by atoms with van der Waals surface area (Å²) in [7, 11) is 0. The maximum Gasteiger partial charge on any atom is 0.144 e. The lowest BCUT2D eigenvalue weighted by atomic mass is 9.67. The molecule has 3 heteroatoms. The molecule has 0 aliphatic heterocycles. The molecule has 13 aromatic carbocycles. The first-order valence-corrected chi connectivity index (χ1v) is 28.7. The monoisotopic (exact) mass is 1060 g/mol.